The predicted octanol–water partition coefficient (Wildman–Crippen LogP) is 3.37. The van der Waals surface area contributed by atoms with Crippen LogP contribution in [-0.2, 0) is 0 Å². The Bertz CT molecular complexity index is 363. The molecule has 4 heteroatoms. The molecule has 1 aliphatic rings. The van der Waals surface area contributed by atoms with E-state index in [2.05, 4.69) is 41.7 Å². The van der Waals surface area contributed by atoms with E-state index in [1.54, 1.807) is 0 Å². The van der Waals surface area contributed by atoms with Gasteiger partial charge in [0.2, 0.25) is 0 Å². The molecule has 3 nitrogen and oxygen atoms in total. The fraction of sp³-hybridized carbons (Fsp3) is 0.615. The molecule has 0 saturated heterocycles. The number of oxime groups is 1. The Balaban J connectivity index is 2.08. The lowest BCUT2D eigenvalue weighted by Crippen LogP contribution is -2.29. The molecule has 0 aromatic carbocycles. The lowest BCUT2D eigenvalue weighted by atomic mass is 9.82. The van der Waals surface area contributed by atoms with Gasteiger partial charge in [0.05, 0.1) is 5.71 Å². The second-order valence-electron chi connectivity index (χ2n) is 4.93. The minimum atomic E-state index is 0.509. The van der Waals surface area contributed by atoms with E-state index in [0.29, 0.717) is 12.0 Å². The van der Waals surface area contributed by atoms with E-state index in [0.717, 1.165) is 31.4 Å². The zero-order chi connectivity index (χ0) is 12.3. The Morgan fingerprint density at radius 2 is 2.12 bits per heavy atom. The van der Waals surface area contributed by atoms with Crippen molar-refractivity contribution in [3.63, 3.8) is 0 Å². The molecular formula is C13H20N2OS. The van der Waals surface area contributed by atoms with Gasteiger partial charge < -0.3 is 10.1 Å². The summed E-state index contributed by atoms with van der Waals surface area (Å²) in [6.45, 7) is 0. The molecule has 1 unspecified atom stereocenters. The number of hydrogen-bond donors (Lipinski definition) is 1. The van der Waals surface area contributed by atoms with E-state index in [4.69, 9.17) is 5.21 Å². The Morgan fingerprint density at radius 3 is 2.59 bits per heavy atom. The first-order valence-corrected chi connectivity index (χ1v) is 7.00. The summed E-state index contributed by atoms with van der Waals surface area (Å²) in [4.78, 5) is 3.77. The molecule has 0 radical (unpaired) electrons. The van der Waals surface area contributed by atoms with E-state index in [9.17, 15) is 0 Å². The van der Waals surface area contributed by atoms with Crippen molar-refractivity contribution in [2.45, 2.75) is 31.7 Å². The Morgan fingerprint density at radius 1 is 1.41 bits per heavy atom. The van der Waals surface area contributed by atoms with Gasteiger partial charge in [-0.15, -0.1) is 11.3 Å². The fourth-order valence-electron chi connectivity index (χ4n) is 2.76. The molecule has 0 aliphatic heterocycles. The highest BCUT2D eigenvalue weighted by Gasteiger charge is 2.29. The maximum atomic E-state index is 8.79. The first-order valence-electron chi connectivity index (χ1n) is 6.12. The second-order valence-corrected chi connectivity index (χ2v) is 5.91. The zero-order valence-corrected chi connectivity index (χ0v) is 11.3. The third-order valence-electron chi connectivity index (χ3n) is 3.59. The summed E-state index contributed by atoms with van der Waals surface area (Å²) in [5, 5.41) is 14.3. The largest absolute Gasteiger partial charge is 0.411 e. The average molecular weight is 252 g/mol. The zero-order valence-electron chi connectivity index (χ0n) is 10.5. The van der Waals surface area contributed by atoms with E-state index in [1.165, 1.54) is 4.88 Å². The molecule has 0 amide bonds. The van der Waals surface area contributed by atoms with Gasteiger partial charge in [-0.25, -0.2) is 0 Å². The number of hydrogen-bond acceptors (Lipinski definition) is 4. The summed E-state index contributed by atoms with van der Waals surface area (Å²) in [5.74, 6) is 0.675. The van der Waals surface area contributed by atoms with E-state index in [1.807, 2.05) is 11.3 Å². The van der Waals surface area contributed by atoms with Crippen LogP contribution in [0, 0.1) is 5.92 Å². The fourth-order valence-corrected chi connectivity index (χ4v) is 3.77. The Labute approximate surface area is 107 Å². The smallest absolute Gasteiger partial charge is 0.0571 e. The monoisotopic (exact) mass is 252 g/mol. The summed E-state index contributed by atoms with van der Waals surface area (Å²) in [6, 6.07) is 4.86. The van der Waals surface area contributed by atoms with Crippen LogP contribution in [-0.4, -0.2) is 29.9 Å². The summed E-state index contributed by atoms with van der Waals surface area (Å²) < 4.78 is 0. The van der Waals surface area contributed by atoms with E-state index in [-0.39, 0.29) is 0 Å². The minimum Gasteiger partial charge on any atom is -0.411 e. The summed E-state index contributed by atoms with van der Waals surface area (Å²) in [5.41, 5.74) is 0.963. The maximum absolute atomic E-state index is 8.79. The van der Waals surface area contributed by atoms with Crippen molar-refractivity contribution in [2.75, 3.05) is 14.1 Å². The molecule has 0 bridgehead atoms. The second kappa shape index (κ2) is 5.65. The highest BCUT2D eigenvalue weighted by Crippen LogP contribution is 2.38. The van der Waals surface area contributed by atoms with Crippen LogP contribution in [0.4, 0.5) is 0 Å². The highest BCUT2D eigenvalue weighted by molar-refractivity contribution is 7.10. The molecule has 0 spiro atoms. The van der Waals surface area contributed by atoms with Crippen molar-refractivity contribution in [1.82, 2.24) is 4.90 Å². The van der Waals surface area contributed by atoms with Crippen molar-refractivity contribution in [1.29, 1.82) is 0 Å². The van der Waals surface area contributed by atoms with Crippen LogP contribution in [0.5, 0.6) is 0 Å². The van der Waals surface area contributed by atoms with Crippen molar-refractivity contribution in [3.8, 4) is 0 Å². The average Bonchev–Trinajstić information content (AvgIpc) is 2.83. The van der Waals surface area contributed by atoms with Gasteiger partial charge in [0.1, 0.15) is 0 Å². The van der Waals surface area contributed by atoms with Gasteiger partial charge >= 0.3 is 0 Å². The van der Waals surface area contributed by atoms with Crippen molar-refractivity contribution in [2.24, 2.45) is 11.1 Å². The van der Waals surface area contributed by atoms with Gasteiger partial charge in [-0.05, 0) is 57.1 Å². The van der Waals surface area contributed by atoms with Crippen LogP contribution in [0.25, 0.3) is 0 Å². The molecular weight excluding hydrogens is 232 g/mol. The van der Waals surface area contributed by atoms with E-state index >= 15 is 0 Å². The van der Waals surface area contributed by atoms with Crippen molar-refractivity contribution < 1.29 is 5.21 Å². The Hall–Kier alpha value is -0.870. The van der Waals surface area contributed by atoms with E-state index < -0.39 is 0 Å². The number of thiophene rings is 1. The van der Waals surface area contributed by atoms with Crippen LogP contribution in [0.1, 0.15) is 36.6 Å². The summed E-state index contributed by atoms with van der Waals surface area (Å²) in [6.07, 6.45) is 4.13. The van der Waals surface area contributed by atoms with Gasteiger partial charge in [0, 0.05) is 10.9 Å². The molecule has 2 rings (SSSR count). The molecule has 17 heavy (non-hydrogen) atoms. The third kappa shape index (κ3) is 2.87. The molecule has 1 aromatic rings. The molecule has 1 aliphatic carbocycles. The lowest BCUT2D eigenvalue weighted by molar-refractivity contribution is 0.192. The molecule has 1 N–H and O–H groups in total. The molecule has 1 aromatic heterocycles. The third-order valence-corrected chi connectivity index (χ3v) is 4.53. The molecule has 1 saturated carbocycles. The maximum Gasteiger partial charge on any atom is 0.0571 e. The predicted molar refractivity (Wildman–Crippen MR) is 71.9 cm³/mol. The number of rotatable bonds is 3. The normalized spacial score (nSPS) is 22.8. The van der Waals surface area contributed by atoms with Crippen LogP contribution < -0.4 is 0 Å². The number of nitrogens with zero attached hydrogens (tertiary/aromatic N) is 2. The first-order chi connectivity index (χ1) is 8.22. The highest BCUT2D eigenvalue weighted by atomic mass is 32.1. The summed E-state index contributed by atoms with van der Waals surface area (Å²) >= 11 is 1.84. The topological polar surface area (TPSA) is 35.8 Å². The van der Waals surface area contributed by atoms with Gasteiger partial charge in [-0.2, -0.15) is 0 Å². The minimum absolute atomic E-state index is 0.509. The van der Waals surface area contributed by atoms with Gasteiger partial charge in [0.15, 0.2) is 0 Å². The molecule has 94 valence electrons. The summed E-state index contributed by atoms with van der Waals surface area (Å²) in [7, 11) is 4.31. The molecule has 1 fully saturated rings. The molecule has 1 heterocycles. The Kier molecular flexibility index (Phi) is 4.18. The van der Waals surface area contributed by atoms with Crippen LogP contribution in [0.3, 0.4) is 0 Å². The van der Waals surface area contributed by atoms with Crippen LogP contribution in [0.15, 0.2) is 22.7 Å². The lowest BCUT2D eigenvalue weighted by Gasteiger charge is -2.34. The van der Waals surface area contributed by atoms with Crippen LogP contribution in [0.2, 0.25) is 0 Å². The molecule has 1 atom stereocenters. The van der Waals surface area contributed by atoms with Crippen molar-refractivity contribution in [3.05, 3.63) is 22.4 Å². The van der Waals surface area contributed by atoms with Gasteiger partial charge in [-0.3, -0.25) is 0 Å². The van der Waals surface area contributed by atoms with Crippen molar-refractivity contribution >= 4 is 17.0 Å². The first kappa shape index (κ1) is 12.6. The SMILES string of the molecule is CN(C)C(c1cccs1)C1CCC(=NO)CC1. The van der Waals surface area contributed by atoms with Gasteiger partial charge in [-0.1, -0.05) is 11.2 Å². The van der Waals surface area contributed by atoms with Gasteiger partial charge in [0.25, 0.3) is 0 Å². The standard InChI is InChI=1S/C13H20N2OS/c1-15(2)13(12-4-3-9-17-12)10-5-7-11(14-16)8-6-10/h3-4,9-10,13,16H,5-8H2,1-2H3. The van der Waals surface area contributed by atoms with Crippen LogP contribution >= 0.6 is 11.3 Å². The quantitative estimate of drug-likeness (QED) is 0.661.